The molecule has 0 aromatic heterocycles. The maximum atomic E-state index is 15.2. The Morgan fingerprint density at radius 1 is 0.280 bits per heavy atom. The first kappa shape index (κ1) is 30.1. The molecule has 0 aliphatic heterocycles. The summed E-state index contributed by atoms with van der Waals surface area (Å²) in [7, 11) is -3.11. The molecule has 9 rings (SSSR count). The molecule has 0 N–H and O–H groups in total. The van der Waals surface area contributed by atoms with Gasteiger partial charge in [-0.1, -0.05) is 182 Å². The van der Waals surface area contributed by atoms with Gasteiger partial charge in [0.15, 0.2) is 7.14 Å². The highest BCUT2D eigenvalue weighted by Crippen LogP contribution is 2.46. The predicted molar refractivity (Wildman–Crippen MR) is 215 cm³/mol. The summed E-state index contributed by atoms with van der Waals surface area (Å²) in [6.07, 6.45) is 0. The van der Waals surface area contributed by atoms with Crippen molar-refractivity contribution in [3.63, 3.8) is 0 Å². The normalized spacial score (nSPS) is 11.7. The highest BCUT2D eigenvalue weighted by atomic mass is 31.2. The summed E-state index contributed by atoms with van der Waals surface area (Å²) < 4.78 is 15.2. The second-order valence-electron chi connectivity index (χ2n) is 12.8. The molecule has 50 heavy (non-hydrogen) atoms. The zero-order valence-corrected chi connectivity index (χ0v) is 28.3. The summed E-state index contributed by atoms with van der Waals surface area (Å²) in [5.74, 6) is 0. The molecule has 9 aromatic carbocycles. The zero-order chi connectivity index (χ0) is 33.5. The zero-order valence-electron chi connectivity index (χ0n) is 27.4. The minimum absolute atomic E-state index is 0.827. The molecule has 9 aromatic rings. The second-order valence-corrected chi connectivity index (χ2v) is 15.6. The lowest BCUT2D eigenvalue weighted by Crippen LogP contribution is -2.25. The lowest BCUT2D eigenvalue weighted by Gasteiger charge is -2.21. The lowest BCUT2D eigenvalue weighted by atomic mass is 9.85. The Morgan fingerprint density at radius 3 is 1.28 bits per heavy atom. The van der Waals surface area contributed by atoms with E-state index in [1.807, 2.05) is 72.8 Å². The first-order valence-corrected chi connectivity index (χ1v) is 18.7. The molecule has 0 saturated carbocycles. The molecule has 2 heteroatoms. The molecule has 236 valence electrons. The third-order valence-corrected chi connectivity index (χ3v) is 13.0. The van der Waals surface area contributed by atoms with Gasteiger partial charge in [0.2, 0.25) is 0 Å². The second kappa shape index (κ2) is 12.5. The van der Waals surface area contributed by atoms with Gasteiger partial charge in [0.05, 0.1) is 0 Å². The van der Waals surface area contributed by atoms with E-state index >= 15 is 4.57 Å². The van der Waals surface area contributed by atoms with Crippen molar-refractivity contribution in [2.24, 2.45) is 0 Å². The molecule has 0 amide bonds. The maximum absolute atomic E-state index is 15.2. The lowest BCUT2D eigenvalue weighted by molar-refractivity contribution is 0.592. The van der Waals surface area contributed by atoms with E-state index in [4.69, 9.17) is 0 Å². The minimum Gasteiger partial charge on any atom is -0.309 e. The molecule has 0 unspecified atom stereocenters. The van der Waals surface area contributed by atoms with Crippen LogP contribution in [-0.2, 0) is 4.57 Å². The van der Waals surface area contributed by atoms with Gasteiger partial charge in [0.1, 0.15) is 0 Å². The van der Waals surface area contributed by atoms with Crippen molar-refractivity contribution in [3.05, 3.63) is 200 Å². The summed E-state index contributed by atoms with van der Waals surface area (Å²) in [5.41, 5.74) is 6.97. The van der Waals surface area contributed by atoms with Gasteiger partial charge in [-0.2, -0.15) is 0 Å². The standard InChI is InChI=1S/C48H33OP/c49-50(40-20-3-1-4-21-40,41-22-5-2-6-23-41)42-24-14-18-37(33-42)36-17-13-19-38(32-36)47-43-25-9-11-27-45(43)48(46-28-12-10-26-44(46)47)39-30-29-34-15-7-8-16-35(34)31-39/h1-33H. The van der Waals surface area contributed by atoms with Crippen molar-refractivity contribution in [1.29, 1.82) is 0 Å². The smallest absolute Gasteiger partial charge is 0.171 e. The third kappa shape index (κ3) is 5.07. The third-order valence-electron chi connectivity index (χ3n) is 9.90. The van der Waals surface area contributed by atoms with Gasteiger partial charge in [-0.05, 0) is 83.9 Å². The van der Waals surface area contributed by atoms with Gasteiger partial charge in [-0.15, -0.1) is 0 Å². The van der Waals surface area contributed by atoms with Crippen LogP contribution in [0.25, 0.3) is 65.7 Å². The van der Waals surface area contributed by atoms with Crippen LogP contribution in [0.4, 0.5) is 0 Å². The molecule has 0 heterocycles. The van der Waals surface area contributed by atoms with E-state index in [9.17, 15) is 0 Å². The van der Waals surface area contributed by atoms with Crippen LogP contribution in [0.1, 0.15) is 0 Å². The van der Waals surface area contributed by atoms with Gasteiger partial charge in [0.25, 0.3) is 0 Å². The Bertz CT molecular complexity index is 2630. The van der Waals surface area contributed by atoms with Crippen molar-refractivity contribution >= 4 is 55.4 Å². The summed E-state index contributed by atoms with van der Waals surface area (Å²) >= 11 is 0. The molecule has 0 aliphatic carbocycles. The van der Waals surface area contributed by atoms with E-state index in [0.717, 1.165) is 32.6 Å². The van der Waals surface area contributed by atoms with E-state index in [1.54, 1.807) is 0 Å². The van der Waals surface area contributed by atoms with Crippen molar-refractivity contribution in [1.82, 2.24) is 0 Å². The Balaban J connectivity index is 1.22. The monoisotopic (exact) mass is 656 g/mol. The van der Waals surface area contributed by atoms with Crippen LogP contribution in [0.2, 0.25) is 0 Å². The van der Waals surface area contributed by atoms with Crippen LogP contribution in [0.5, 0.6) is 0 Å². The predicted octanol–water partition coefficient (Wildman–Crippen LogP) is 11.8. The largest absolute Gasteiger partial charge is 0.309 e. The van der Waals surface area contributed by atoms with Crippen molar-refractivity contribution < 1.29 is 4.57 Å². The highest BCUT2D eigenvalue weighted by Gasteiger charge is 2.29. The summed E-state index contributed by atoms with van der Waals surface area (Å²) in [6.45, 7) is 0. The van der Waals surface area contributed by atoms with Crippen LogP contribution in [-0.4, -0.2) is 0 Å². The molecular weight excluding hydrogens is 624 g/mol. The Labute approximate surface area is 292 Å². The fourth-order valence-corrected chi connectivity index (χ4v) is 10.2. The molecule has 0 spiro atoms. The average molecular weight is 657 g/mol. The van der Waals surface area contributed by atoms with E-state index in [1.165, 1.54) is 49.0 Å². The molecule has 0 aliphatic rings. The number of fused-ring (bicyclic) bond motifs is 3. The molecule has 0 bridgehead atoms. The van der Waals surface area contributed by atoms with Gasteiger partial charge >= 0.3 is 0 Å². The Kier molecular flexibility index (Phi) is 7.50. The van der Waals surface area contributed by atoms with E-state index in [2.05, 4.69) is 127 Å². The fraction of sp³-hybridized carbons (Fsp3) is 0. The highest BCUT2D eigenvalue weighted by molar-refractivity contribution is 7.85. The topological polar surface area (TPSA) is 17.1 Å². The molecule has 0 radical (unpaired) electrons. The van der Waals surface area contributed by atoms with E-state index < -0.39 is 7.14 Å². The maximum Gasteiger partial charge on any atom is 0.171 e. The molecule has 0 atom stereocenters. The molecule has 1 nitrogen and oxygen atoms in total. The quantitative estimate of drug-likeness (QED) is 0.129. The van der Waals surface area contributed by atoms with Crippen LogP contribution >= 0.6 is 7.14 Å². The minimum atomic E-state index is -3.11. The fourth-order valence-electron chi connectivity index (χ4n) is 7.55. The summed E-state index contributed by atoms with van der Waals surface area (Å²) in [4.78, 5) is 0. The number of hydrogen-bond donors (Lipinski definition) is 0. The first-order chi connectivity index (χ1) is 24.7. The van der Waals surface area contributed by atoms with Crippen molar-refractivity contribution in [3.8, 4) is 33.4 Å². The molecule has 0 saturated heterocycles. The van der Waals surface area contributed by atoms with Gasteiger partial charge in [-0.3, -0.25) is 0 Å². The number of hydrogen-bond acceptors (Lipinski definition) is 1. The first-order valence-electron chi connectivity index (χ1n) is 17.0. The Morgan fingerprint density at radius 2 is 0.700 bits per heavy atom. The van der Waals surface area contributed by atoms with Crippen LogP contribution in [0.15, 0.2) is 200 Å². The van der Waals surface area contributed by atoms with Crippen LogP contribution in [0, 0.1) is 0 Å². The van der Waals surface area contributed by atoms with Gasteiger partial charge < -0.3 is 4.57 Å². The SMILES string of the molecule is O=P(c1ccccc1)(c1ccccc1)c1cccc(-c2cccc(-c3c4ccccc4c(-c4ccc5ccccc5c4)c4ccccc34)c2)c1. The van der Waals surface area contributed by atoms with Gasteiger partial charge in [-0.25, -0.2) is 0 Å². The summed E-state index contributed by atoms with van der Waals surface area (Å²) in [6, 6.07) is 69.9. The van der Waals surface area contributed by atoms with E-state index in [-0.39, 0.29) is 0 Å². The van der Waals surface area contributed by atoms with Gasteiger partial charge in [0, 0.05) is 15.9 Å². The van der Waals surface area contributed by atoms with E-state index in [0.29, 0.717) is 0 Å². The van der Waals surface area contributed by atoms with Crippen LogP contribution < -0.4 is 15.9 Å². The number of rotatable bonds is 6. The molecular formula is C48H33OP. The van der Waals surface area contributed by atoms with Crippen LogP contribution in [0.3, 0.4) is 0 Å². The molecule has 0 fully saturated rings. The van der Waals surface area contributed by atoms with Crippen molar-refractivity contribution in [2.45, 2.75) is 0 Å². The summed E-state index contributed by atoms with van der Waals surface area (Å²) in [5, 5.41) is 9.88. The average Bonchev–Trinajstić information content (AvgIpc) is 3.20. The van der Waals surface area contributed by atoms with Crippen molar-refractivity contribution in [2.75, 3.05) is 0 Å². The number of benzene rings is 9. The Hall–Kier alpha value is -6.01.